The van der Waals surface area contributed by atoms with Crippen LogP contribution in [0.4, 0.5) is 0 Å². The van der Waals surface area contributed by atoms with Gasteiger partial charge in [-0.1, -0.05) is 0 Å². The van der Waals surface area contributed by atoms with Crippen LogP contribution in [-0.2, 0) is 0 Å². The molecule has 0 saturated carbocycles. The molecule has 2 heterocycles. The van der Waals surface area contributed by atoms with E-state index in [4.69, 9.17) is 11.1 Å². The summed E-state index contributed by atoms with van der Waals surface area (Å²) in [5.74, 6) is 2.84. The predicted octanol–water partition coefficient (Wildman–Crippen LogP) is 0.00297. The van der Waals surface area contributed by atoms with Crippen LogP contribution in [0.15, 0.2) is 0 Å². The van der Waals surface area contributed by atoms with Crippen molar-refractivity contribution < 1.29 is 0 Å². The average Bonchev–Trinajstić information content (AvgIpc) is 2.71. The zero-order valence-corrected chi connectivity index (χ0v) is 9.22. The maximum atomic E-state index is 7.35. The molecule has 5 heteroatoms. The van der Waals surface area contributed by atoms with Gasteiger partial charge in [0.25, 0.3) is 0 Å². The Kier molecular flexibility index (Phi) is 3.18. The number of piperazine rings is 1. The molecule has 0 aromatic rings. The van der Waals surface area contributed by atoms with E-state index in [0.717, 1.165) is 32.2 Å². The summed E-state index contributed by atoms with van der Waals surface area (Å²) < 4.78 is 0. The van der Waals surface area contributed by atoms with E-state index < -0.39 is 0 Å². The number of nitrogens with one attached hydrogen (secondary N) is 1. The SMILES string of the molecule is N=C(N)N1CCN([C@H]2CCSC2)CC1. The highest BCUT2D eigenvalue weighted by molar-refractivity contribution is 7.99. The quantitative estimate of drug-likeness (QED) is 0.477. The Hall–Kier alpha value is -0.420. The zero-order chi connectivity index (χ0) is 9.97. The largest absolute Gasteiger partial charge is 0.370 e. The van der Waals surface area contributed by atoms with E-state index in [-0.39, 0.29) is 5.96 Å². The molecule has 80 valence electrons. The molecule has 0 aromatic heterocycles. The van der Waals surface area contributed by atoms with E-state index in [1.807, 2.05) is 4.90 Å². The van der Waals surface area contributed by atoms with Gasteiger partial charge in [-0.05, 0) is 12.2 Å². The summed E-state index contributed by atoms with van der Waals surface area (Å²) >= 11 is 2.06. The molecule has 4 nitrogen and oxygen atoms in total. The second-order valence-corrected chi connectivity index (χ2v) is 5.08. The zero-order valence-electron chi connectivity index (χ0n) is 8.41. The van der Waals surface area contributed by atoms with Gasteiger partial charge >= 0.3 is 0 Å². The number of nitrogens with two attached hydrogens (primary N) is 1. The number of rotatable bonds is 1. The molecule has 1 atom stereocenters. The number of hydrogen-bond donors (Lipinski definition) is 2. The molecular weight excluding hydrogens is 196 g/mol. The molecule has 0 aromatic carbocycles. The Bertz CT molecular complexity index is 207. The van der Waals surface area contributed by atoms with Crippen molar-refractivity contribution in [2.75, 3.05) is 37.7 Å². The second-order valence-electron chi connectivity index (χ2n) is 3.93. The molecule has 0 radical (unpaired) electrons. The van der Waals surface area contributed by atoms with Gasteiger partial charge in [-0.25, -0.2) is 0 Å². The van der Waals surface area contributed by atoms with Crippen LogP contribution >= 0.6 is 11.8 Å². The van der Waals surface area contributed by atoms with Gasteiger partial charge in [0.1, 0.15) is 0 Å². The molecular formula is C9H18N4S. The Labute approximate surface area is 89.3 Å². The summed E-state index contributed by atoms with van der Waals surface area (Å²) in [7, 11) is 0. The standard InChI is InChI=1S/C9H18N4S/c10-9(11)13-4-2-12(3-5-13)8-1-6-14-7-8/h8H,1-7H2,(H3,10,11)/t8-/m0/s1. The van der Waals surface area contributed by atoms with Gasteiger partial charge in [0.15, 0.2) is 5.96 Å². The topological polar surface area (TPSA) is 56.4 Å². The Morgan fingerprint density at radius 3 is 2.50 bits per heavy atom. The highest BCUT2D eigenvalue weighted by atomic mass is 32.2. The van der Waals surface area contributed by atoms with Crippen LogP contribution in [0.3, 0.4) is 0 Å². The minimum Gasteiger partial charge on any atom is -0.370 e. The number of nitrogens with zero attached hydrogens (tertiary/aromatic N) is 2. The monoisotopic (exact) mass is 214 g/mol. The first-order chi connectivity index (χ1) is 6.77. The Balaban J connectivity index is 1.80. The van der Waals surface area contributed by atoms with Crippen LogP contribution in [-0.4, -0.2) is 59.5 Å². The minimum atomic E-state index is 0.227. The van der Waals surface area contributed by atoms with E-state index in [1.165, 1.54) is 17.9 Å². The molecule has 0 bridgehead atoms. The van der Waals surface area contributed by atoms with Gasteiger partial charge < -0.3 is 10.6 Å². The van der Waals surface area contributed by atoms with Crippen LogP contribution in [0.2, 0.25) is 0 Å². The molecule has 3 N–H and O–H groups in total. The summed E-state index contributed by atoms with van der Waals surface area (Å²) in [6, 6.07) is 0.786. The molecule has 2 aliphatic heterocycles. The first-order valence-electron chi connectivity index (χ1n) is 5.18. The maximum Gasteiger partial charge on any atom is 0.188 e. The predicted molar refractivity (Wildman–Crippen MR) is 60.8 cm³/mol. The molecule has 2 saturated heterocycles. The first-order valence-corrected chi connectivity index (χ1v) is 6.33. The Morgan fingerprint density at radius 2 is 2.00 bits per heavy atom. The van der Waals surface area contributed by atoms with E-state index >= 15 is 0 Å². The maximum absolute atomic E-state index is 7.35. The molecule has 0 amide bonds. The molecule has 2 rings (SSSR count). The van der Waals surface area contributed by atoms with Crippen LogP contribution < -0.4 is 5.73 Å². The van der Waals surface area contributed by atoms with E-state index in [0.29, 0.717) is 0 Å². The van der Waals surface area contributed by atoms with Gasteiger partial charge in [-0.2, -0.15) is 11.8 Å². The summed E-state index contributed by atoms with van der Waals surface area (Å²) in [5, 5.41) is 7.35. The van der Waals surface area contributed by atoms with Crippen LogP contribution in [0.1, 0.15) is 6.42 Å². The lowest BCUT2D eigenvalue weighted by Crippen LogP contribution is -2.53. The normalized spacial score (nSPS) is 29.4. The summed E-state index contributed by atoms with van der Waals surface area (Å²) in [6.07, 6.45) is 1.34. The molecule has 14 heavy (non-hydrogen) atoms. The van der Waals surface area contributed by atoms with Gasteiger partial charge in [0.05, 0.1) is 0 Å². The van der Waals surface area contributed by atoms with Gasteiger partial charge in [0.2, 0.25) is 0 Å². The second kappa shape index (κ2) is 4.40. The van der Waals surface area contributed by atoms with Crippen molar-refractivity contribution in [1.29, 1.82) is 5.41 Å². The minimum absolute atomic E-state index is 0.227. The third-order valence-electron chi connectivity index (χ3n) is 3.08. The summed E-state index contributed by atoms with van der Waals surface area (Å²) in [5.41, 5.74) is 5.45. The molecule has 2 aliphatic rings. The highest BCUT2D eigenvalue weighted by Crippen LogP contribution is 2.22. The third kappa shape index (κ3) is 2.15. The van der Waals surface area contributed by atoms with Crippen LogP contribution in [0.5, 0.6) is 0 Å². The van der Waals surface area contributed by atoms with Gasteiger partial charge in [-0.3, -0.25) is 10.3 Å². The third-order valence-corrected chi connectivity index (χ3v) is 4.22. The average molecular weight is 214 g/mol. The lowest BCUT2D eigenvalue weighted by Gasteiger charge is -2.37. The summed E-state index contributed by atoms with van der Waals surface area (Å²) in [4.78, 5) is 4.51. The van der Waals surface area contributed by atoms with E-state index in [9.17, 15) is 0 Å². The van der Waals surface area contributed by atoms with Crippen molar-refractivity contribution in [2.45, 2.75) is 12.5 Å². The lowest BCUT2D eigenvalue weighted by molar-refractivity contribution is 0.142. The van der Waals surface area contributed by atoms with Gasteiger partial charge in [0, 0.05) is 38.0 Å². The fourth-order valence-corrected chi connectivity index (χ4v) is 3.39. The van der Waals surface area contributed by atoms with E-state index in [2.05, 4.69) is 16.7 Å². The summed E-state index contributed by atoms with van der Waals surface area (Å²) in [6.45, 7) is 4.00. The van der Waals surface area contributed by atoms with Gasteiger partial charge in [-0.15, -0.1) is 0 Å². The number of hydrogen-bond acceptors (Lipinski definition) is 3. The fourth-order valence-electron chi connectivity index (χ4n) is 2.14. The fraction of sp³-hybridized carbons (Fsp3) is 0.889. The lowest BCUT2D eigenvalue weighted by atomic mass is 10.2. The molecule has 0 spiro atoms. The van der Waals surface area contributed by atoms with Crippen molar-refractivity contribution in [2.24, 2.45) is 5.73 Å². The van der Waals surface area contributed by atoms with Crippen molar-refractivity contribution in [3.63, 3.8) is 0 Å². The highest BCUT2D eigenvalue weighted by Gasteiger charge is 2.26. The molecule has 0 unspecified atom stereocenters. The van der Waals surface area contributed by atoms with Crippen molar-refractivity contribution in [3.8, 4) is 0 Å². The van der Waals surface area contributed by atoms with E-state index in [1.54, 1.807) is 0 Å². The van der Waals surface area contributed by atoms with Crippen molar-refractivity contribution in [1.82, 2.24) is 9.80 Å². The van der Waals surface area contributed by atoms with Crippen molar-refractivity contribution >= 4 is 17.7 Å². The van der Waals surface area contributed by atoms with Crippen LogP contribution in [0, 0.1) is 5.41 Å². The van der Waals surface area contributed by atoms with Crippen LogP contribution in [0.25, 0.3) is 0 Å². The molecule has 2 fully saturated rings. The number of guanidine groups is 1. The van der Waals surface area contributed by atoms with Crippen molar-refractivity contribution in [3.05, 3.63) is 0 Å². The smallest absolute Gasteiger partial charge is 0.188 e. The number of thioether (sulfide) groups is 1. The Morgan fingerprint density at radius 1 is 1.29 bits per heavy atom. The molecule has 0 aliphatic carbocycles. The first kappa shape index (κ1) is 10.1.